The Kier molecular flexibility index (Phi) is 2.81. The number of fused-ring (bicyclic) bond motifs is 2. The van der Waals surface area contributed by atoms with Crippen molar-refractivity contribution in [2.45, 2.75) is 65.4 Å². The fourth-order valence-electron chi connectivity index (χ4n) is 5.34. The third-order valence-corrected chi connectivity index (χ3v) is 6.82. The highest BCUT2D eigenvalue weighted by atomic mass is 16.3. The molecule has 6 atom stereocenters. The van der Waals surface area contributed by atoms with Gasteiger partial charge in [0.15, 0.2) is 0 Å². The van der Waals surface area contributed by atoms with Crippen LogP contribution in [0.1, 0.15) is 59.3 Å². The summed E-state index contributed by atoms with van der Waals surface area (Å²) in [4.78, 5) is 0. The van der Waals surface area contributed by atoms with E-state index in [9.17, 15) is 5.11 Å². The summed E-state index contributed by atoms with van der Waals surface area (Å²) in [6.45, 7) is 7.44. The molecule has 3 fully saturated rings. The molecule has 2 bridgehead atoms. The summed E-state index contributed by atoms with van der Waals surface area (Å²) in [5, 5.41) is 9.88. The molecular formula is C16H28O. The molecule has 0 radical (unpaired) electrons. The summed E-state index contributed by atoms with van der Waals surface area (Å²) in [6.07, 6.45) is 7.75. The Morgan fingerprint density at radius 1 is 1.00 bits per heavy atom. The van der Waals surface area contributed by atoms with Crippen LogP contribution in [-0.4, -0.2) is 11.2 Å². The minimum Gasteiger partial charge on any atom is -0.393 e. The summed E-state index contributed by atoms with van der Waals surface area (Å²) in [7, 11) is 0. The molecule has 0 unspecified atom stereocenters. The molecule has 98 valence electrons. The van der Waals surface area contributed by atoms with Gasteiger partial charge in [0.2, 0.25) is 0 Å². The average molecular weight is 236 g/mol. The van der Waals surface area contributed by atoms with E-state index in [-0.39, 0.29) is 6.10 Å². The predicted molar refractivity (Wildman–Crippen MR) is 70.6 cm³/mol. The van der Waals surface area contributed by atoms with Crippen molar-refractivity contribution in [3.63, 3.8) is 0 Å². The van der Waals surface area contributed by atoms with Crippen LogP contribution in [0, 0.1) is 35.0 Å². The first-order valence-corrected chi connectivity index (χ1v) is 7.68. The smallest absolute Gasteiger partial charge is 0.0543 e. The molecule has 0 aromatic rings. The number of hydrogen-bond donors (Lipinski definition) is 1. The molecule has 0 spiro atoms. The SMILES string of the molecule is C[C@@H]1[C@@H]2C[C@@H](C[C@@H]2[C@@H]2CCC[C@@H](O)C2)C1(C)C. The lowest BCUT2D eigenvalue weighted by atomic mass is 9.62. The highest BCUT2D eigenvalue weighted by Crippen LogP contribution is 2.63. The van der Waals surface area contributed by atoms with E-state index >= 15 is 0 Å². The zero-order valence-electron chi connectivity index (χ0n) is 11.7. The van der Waals surface area contributed by atoms with Crippen LogP contribution in [0.15, 0.2) is 0 Å². The Morgan fingerprint density at radius 3 is 2.29 bits per heavy atom. The first-order chi connectivity index (χ1) is 8.00. The number of hydrogen-bond acceptors (Lipinski definition) is 1. The molecule has 0 aromatic heterocycles. The minimum absolute atomic E-state index is 0.0104. The molecule has 17 heavy (non-hydrogen) atoms. The van der Waals surface area contributed by atoms with Crippen molar-refractivity contribution in [1.29, 1.82) is 0 Å². The molecule has 1 heteroatoms. The first-order valence-electron chi connectivity index (χ1n) is 7.68. The quantitative estimate of drug-likeness (QED) is 0.733. The Morgan fingerprint density at radius 2 is 1.71 bits per heavy atom. The molecule has 3 saturated carbocycles. The van der Waals surface area contributed by atoms with Crippen LogP contribution >= 0.6 is 0 Å². The van der Waals surface area contributed by atoms with E-state index < -0.39 is 0 Å². The lowest BCUT2D eigenvalue weighted by Gasteiger charge is -2.44. The van der Waals surface area contributed by atoms with Crippen LogP contribution in [0.25, 0.3) is 0 Å². The molecule has 1 nitrogen and oxygen atoms in total. The van der Waals surface area contributed by atoms with Crippen LogP contribution in [0.4, 0.5) is 0 Å². The van der Waals surface area contributed by atoms with Crippen molar-refractivity contribution in [2.75, 3.05) is 0 Å². The molecule has 1 N–H and O–H groups in total. The molecule has 0 aromatic carbocycles. The molecule has 0 heterocycles. The van der Waals surface area contributed by atoms with Gasteiger partial charge in [-0.15, -0.1) is 0 Å². The normalized spacial score (nSPS) is 52.9. The van der Waals surface area contributed by atoms with Crippen molar-refractivity contribution in [3.8, 4) is 0 Å². The van der Waals surface area contributed by atoms with Gasteiger partial charge in [0.1, 0.15) is 0 Å². The van der Waals surface area contributed by atoms with Crippen molar-refractivity contribution in [3.05, 3.63) is 0 Å². The highest BCUT2D eigenvalue weighted by Gasteiger charge is 2.56. The topological polar surface area (TPSA) is 20.2 Å². The first kappa shape index (κ1) is 12.0. The van der Waals surface area contributed by atoms with Crippen molar-refractivity contribution in [1.82, 2.24) is 0 Å². The third-order valence-electron chi connectivity index (χ3n) is 6.82. The Labute approximate surface area is 106 Å². The number of aliphatic hydroxyl groups excluding tert-OH is 1. The van der Waals surface area contributed by atoms with Gasteiger partial charge in [-0.1, -0.05) is 27.2 Å². The van der Waals surface area contributed by atoms with Gasteiger partial charge in [0.05, 0.1) is 6.10 Å². The molecular weight excluding hydrogens is 208 g/mol. The molecule has 3 aliphatic rings. The maximum atomic E-state index is 9.88. The van der Waals surface area contributed by atoms with E-state index in [1.807, 2.05) is 0 Å². The van der Waals surface area contributed by atoms with Gasteiger partial charge >= 0.3 is 0 Å². The monoisotopic (exact) mass is 236 g/mol. The molecule has 0 saturated heterocycles. The summed E-state index contributed by atoms with van der Waals surface area (Å²) >= 11 is 0. The number of rotatable bonds is 1. The summed E-state index contributed by atoms with van der Waals surface area (Å²) in [6, 6.07) is 0. The largest absolute Gasteiger partial charge is 0.393 e. The average Bonchev–Trinajstić information content (AvgIpc) is 2.79. The summed E-state index contributed by atoms with van der Waals surface area (Å²) < 4.78 is 0. The zero-order valence-corrected chi connectivity index (χ0v) is 11.7. The second-order valence-corrected chi connectivity index (χ2v) is 7.69. The van der Waals surface area contributed by atoms with Crippen LogP contribution in [-0.2, 0) is 0 Å². The highest BCUT2D eigenvalue weighted by molar-refractivity contribution is 5.05. The molecule has 3 rings (SSSR count). The lowest BCUT2D eigenvalue weighted by molar-refractivity contribution is 0.0247. The van der Waals surface area contributed by atoms with Crippen molar-refractivity contribution < 1.29 is 5.11 Å². The lowest BCUT2D eigenvalue weighted by Crippen LogP contribution is -2.37. The van der Waals surface area contributed by atoms with Crippen LogP contribution < -0.4 is 0 Å². The van der Waals surface area contributed by atoms with Gasteiger partial charge in [-0.25, -0.2) is 0 Å². The molecule has 0 aliphatic heterocycles. The van der Waals surface area contributed by atoms with Gasteiger partial charge in [0.25, 0.3) is 0 Å². The fourth-order valence-corrected chi connectivity index (χ4v) is 5.34. The van der Waals surface area contributed by atoms with Gasteiger partial charge in [-0.05, 0) is 67.1 Å². The van der Waals surface area contributed by atoms with Gasteiger partial charge in [-0.2, -0.15) is 0 Å². The standard InChI is InChI=1S/C16H28O/c1-10-14-8-12(16(10,2)3)9-15(14)11-5-4-6-13(17)7-11/h10-15,17H,4-9H2,1-3H3/t10-,11-,12+,13-,14+,15-/m1/s1. The second kappa shape index (κ2) is 3.98. The molecule has 3 aliphatic carbocycles. The third kappa shape index (κ3) is 1.77. The van der Waals surface area contributed by atoms with Crippen molar-refractivity contribution in [2.24, 2.45) is 35.0 Å². The van der Waals surface area contributed by atoms with E-state index in [0.29, 0.717) is 5.41 Å². The van der Waals surface area contributed by atoms with Gasteiger partial charge in [-0.3, -0.25) is 0 Å². The van der Waals surface area contributed by atoms with Gasteiger partial charge in [0, 0.05) is 0 Å². The van der Waals surface area contributed by atoms with E-state index in [2.05, 4.69) is 20.8 Å². The van der Waals surface area contributed by atoms with Crippen molar-refractivity contribution >= 4 is 0 Å². The Hall–Kier alpha value is -0.0400. The minimum atomic E-state index is 0.0104. The zero-order chi connectivity index (χ0) is 12.2. The molecule has 0 amide bonds. The van der Waals surface area contributed by atoms with E-state index in [4.69, 9.17) is 0 Å². The summed E-state index contributed by atoms with van der Waals surface area (Å²) in [5.41, 5.74) is 0.578. The van der Waals surface area contributed by atoms with E-state index in [1.54, 1.807) is 0 Å². The predicted octanol–water partition coefficient (Wildman–Crippen LogP) is 3.86. The fraction of sp³-hybridized carbons (Fsp3) is 1.00. The Balaban J connectivity index is 1.72. The van der Waals surface area contributed by atoms with E-state index in [0.717, 1.165) is 42.4 Å². The van der Waals surface area contributed by atoms with Crippen LogP contribution in [0.3, 0.4) is 0 Å². The Bertz CT molecular complexity index is 292. The van der Waals surface area contributed by atoms with Crippen LogP contribution in [0.5, 0.6) is 0 Å². The maximum absolute atomic E-state index is 9.88. The second-order valence-electron chi connectivity index (χ2n) is 7.69. The van der Waals surface area contributed by atoms with Crippen LogP contribution in [0.2, 0.25) is 0 Å². The summed E-state index contributed by atoms with van der Waals surface area (Å²) in [5.74, 6) is 4.60. The van der Waals surface area contributed by atoms with E-state index in [1.165, 1.54) is 25.7 Å². The maximum Gasteiger partial charge on any atom is 0.0543 e. The van der Waals surface area contributed by atoms with Gasteiger partial charge < -0.3 is 5.11 Å². The number of aliphatic hydroxyl groups is 1.